The number of benzene rings is 1. The lowest BCUT2D eigenvalue weighted by Crippen LogP contribution is -2.38. The first kappa shape index (κ1) is 16.1. The molecule has 21 heavy (non-hydrogen) atoms. The highest BCUT2D eigenvalue weighted by Crippen LogP contribution is 2.24. The molecule has 114 valence electrons. The Morgan fingerprint density at radius 2 is 2.00 bits per heavy atom. The predicted octanol–water partition coefficient (Wildman–Crippen LogP) is 4.42. The fourth-order valence-electron chi connectivity index (χ4n) is 2.24. The minimum atomic E-state index is 0.232. The average Bonchev–Trinajstić information content (AvgIpc) is 2.43. The van der Waals surface area contributed by atoms with E-state index in [4.69, 9.17) is 11.6 Å². The molecule has 1 aromatic carbocycles. The molecule has 0 saturated heterocycles. The fraction of sp³-hybridized carbons (Fsp3) is 0.471. The minimum absolute atomic E-state index is 0.232. The molecule has 0 fully saturated rings. The fourth-order valence-corrected chi connectivity index (χ4v) is 2.41. The largest absolute Gasteiger partial charge is 0.384 e. The first-order valence-corrected chi connectivity index (χ1v) is 7.73. The summed E-state index contributed by atoms with van der Waals surface area (Å²) in [5, 5.41) is 5.36. The molecule has 0 saturated carbocycles. The van der Waals surface area contributed by atoms with Gasteiger partial charge in [-0.1, -0.05) is 11.6 Å². The molecular formula is C17H24ClN3. The van der Waals surface area contributed by atoms with Gasteiger partial charge in [0.15, 0.2) is 0 Å². The second kappa shape index (κ2) is 6.63. The molecule has 2 aromatic rings. The standard InChI is InChI=1S/C17H24ClN3/c1-17(2,21(3)4)9-5-10-19-15-8-11-20-16-12-13(18)6-7-14(15)16/h6-8,11-12H,5,9-10H2,1-4H3,(H,19,20). The monoisotopic (exact) mass is 305 g/mol. The molecule has 0 aliphatic carbocycles. The number of nitrogens with zero attached hydrogens (tertiary/aromatic N) is 2. The van der Waals surface area contributed by atoms with E-state index in [1.807, 2.05) is 30.5 Å². The second-order valence-corrected chi connectivity index (χ2v) is 6.69. The Kier molecular flexibility index (Phi) is 5.07. The Labute approximate surface area is 132 Å². The van der Waals surface area contributed by atoms with Gasteiger partial charge in [0.2, 0.25) is 0 Å². The summed E-state index contributed by atoms with van der Waals surface area (Å²) in [5.74, 6) is 0. The van der Waals surface area contributed by atoms with E-state index in [-0.39, 0.29) is 5.54 Å². The van der Waals surface area contributed by atoms with Gasteiger partial charge in [-0.15, -0.1) is 0 Å². The number of aromatic nitrogens is 1. The molecule has 0 radical (unpaired) electrons. The number of nitrogens with one attached hydrogen (secondary N) is 1. The molecule has 1 heterocycles. The number of fused-ring (bicyclic) bond motifs is 1. The van der Waals surface area contributed by atoms with Crippen LogP contribution in [0, 0.1) is 0 Å². The van der Waals surface area contributed by atoms with E-state index in [1.54, 1.807) is 0 Å². The van der Waals surface area contributed by atoms with Crippen LogP contribution in [0.2, 0.25) is 5.02 Å². The summed E-state index contributed by atoms with van der Waals surface area (Å²) in [6.45, 7) is 5.51. The summed E-state index contributed by atoms with van der Waals surface area (Å²) in [5.41, 5.74) is 2.29. The van der Waals surface area contributed by atoms with Crippen molar-refractivity contribution >= 4 is 28.2 Å². The van der Waals surface area contributed by atoms with Gasteiger partial charge in [0.05, 0.1) is 5.52 Å². The van der Waals surface area contributed by atoms with E-state index >= 15 is 0 Å². The predicted molar refractivity (Wildman–Crippen MR) is 92.2 cm³/mol. The van der Waals surface area contributed by atoms with Crippen LogP contribution in [0.3, 0.4) is 0 Å². The molecule has 0 amide bonds. The van der Waals surface area contributed by atoms with E-state index in [1.165, 1.54) is 0 Å². The number of halogens is 1. The highest BCUT2D eigenvalue weighted by Gasteiger charge is 2.19. The molecule has 3 nitrogen and oxygen atoms in total. The molecule has 0 unspecified atom stereocenters. The van der Waals surface area contributed by atoms with Crippen molar-refractivity contribution in [3.8, 4) is 0 Å². The van der Waals surface area contributed by atoms with Crippen LogP contribution in [-0.4, -0.2) is 36.1 Å². The van der Waals surface area contributed by atoms with Crippen LogP contribution >= 0.6 is 11.6 Å². The van der Waals surface area contributed by atoms with Crippen molar-refractivity contribution in [2.75, 3.05) is 26.0 Å². The molecule has 0 bridgehead atoms. The lowest BCUT2D eigenvalue weighted by atomic mass is 9.97. The van der Waals surface area contributed by atoms with Crippen molar-refractivity contribution in [2.45, 2.75) is 32.2 Å². The maximum Gasteiger partial charge on any atom is 0.0737 e. The number of anilines is 1. The zero-order valence-electron chi connectivity index (χ0n) is 13.3. The van der Waals surface area contributed by atoms with E-state index in [0.717, 1.165) is 41.0 Å². The molecule has 1 aromatic heterocycles. The quantitative estimate of drug-likeness (QED) is 0.801. The van der Waals surface area contributed by atoms with Gasteiger partial charge in [-0.3, -0.25) is 4.98 Å². The van der Waals surface area contributed by atoms with Crippen LogP contribution in [0.5, 0.6) is 0 Å². The van der Waals surface area contributed by atoms with Gasteiger partial charge in [0, 0.05) is 34.4 Å². The first-order chi connectivity index (χ1) is 9.90. The second-order valence-electron chi connectivity index (χ2n) is 6.26. The third-order valence-corrected chi connectivity index (χ3v) is 4.43. The Bertz CT molecular complexity index is 608. The van der Waals surface area contributed by atoms with Gasteiger partial charge in [0.25, 0.3) is 0 Å². The van der Waals surface area contributed by atoms with E-state index in [9.17, 15) is 0 Å². The molecule has 1 N–H and O–H groups in total. The Morgan fingerprint density at radius 3 is 2.71 bits per heavy atom. The van der Waals surface area contributed by atoms with Crippen molar-refractivity contribution in [1.82, 2.24) is 9.88 Å². The highest BCUT2D eigenvalue weighted by molar-refractivity contribution is 6.31. The van der Waals surface area contributed by atoms with Crippen LogP contribution in [-0.2, 0) is 0 Å². The Balaban J connectivity index is 1.98. The Morgan fingerprint density at radius 1 is 1.24 bits per heavy atom. The lowest BCUT2D eigenvalue weighted by Gasteiger charge is -2.32. The maximum atomic E-state index is 6.01. The van der Waals surface area contributed by atoms with Gasteiger partial charge in [-0.05, 0) is 65.0 Å². The van der Waals surface area contributed by atoms with Gasteiger partial charge < -0.3 is 10.2 Å². The van der Waals surface area contributed by atoms with E-state index in [0.29, 0.717) is 0 Å². The summed E-state index contributed by atoms with van der Waals surface area (Å²) in [6, 6.07) is 7.85. The molecule has 0 spiro atoms. The zero-order chi connectivity index (χ0) is 15.5. The first-order valence-electron chi connectivity index (χ1n) is 7.36. The SMILES string of the molecule is CN(C)C(C)(C)CCCNc1ccnc2cc(Cl)ccc12. The third-order valence-electron chi connectivity index (χ3n) is 4.20. The topological polar surface area (TPSA) is 28.2 Å². The summed E-state index contributed by atoms with van der Waals surface area (Å²) in [7, 11) is 4.26. The van der Waals surface area contributed by atoms with Gasteiger partial charge >= 0.3 is 0 Å². The van der Waals surface area contributed by atoms with E-state index < -0.39 is 0 Å². The van der Waals surface area contributed by atoms with E-state index in [2.05, 4.69) is 43.1 Å². The third kappa shape index (κ3) is 4.08. The number of rotatable bonds is 6. The highest BCUT2D eigenvalue weighted by atomic mass is 35.5. The van der Waals surface area contributed by atoms with Gasteiger partial charge in [-0.25, -0.2) is 0 Å². The molecule has 0 aliphatic rings. The van der Waals surface area contributed by atoms with Crippen molar-refractivity contribution in [1.29, 1.82) is 0 Å². The zero-order valence-corrected chi connectivity index (χ0v) is 14.0. The minimum Gasteiger partial charge on any atom is -0.384 e. The number of hydrogen-bond donors (Lipinski definition) is 1. The molecular weight excluding hydrogens is 282 g/mol. The van der Waals surface area contributed by atoms with Crippen LogP contribution in [0.25, 0.3) is 10.9 Å². The normalized spacial score (nSPS) is 12.1. The van der Waals surface area contributed by atoms with Crippen LogP contribution in [0.15, 0.2) is 30.5 Å². The van der Waals surface area contributed by atoms with Crippen molar-refractivity contribution in [3.05, 3.63) is 35.5 Å². The van der Waals surface area contributed by atoms with Crippen LogP contribution < -0.4 is 5.32 Å². The molecule has 0 atom stereocenters. The van der Waals surface area contributed by atoms with Crippen molar-refractivity contribution in [3.63, 3.8) is 0 Å². The van der Waals surface area contributed by atoms with Crippen LogP contribution in [0.4, 0.5) is 5.69 Å². The summed E-state index contributed by atoms with van der Waals surface area (Å²) < 4.78 is 0. The maximum absolute atomic E-state index is 6.01. The smallest absolute Gasteiger partial charge is 0.0737 e. The van der Waals surface area contributed by atoms with Crippen molar-refractivity contribution < 1.29 is 0 Å². The molecule has 2 rings (SSSR count). The van der Waals surface area contributed by atoms with Crippen LogP contribution in [0.1, 0.15) is 26.7 Å². The number of hydrogen-bond acceptors (Lipinski definition) is 3. The summed E-state index contributed by atoms with van der Waals surface area (Å²) in [6.07, 6.45) is 4.11. The summed E-state index contributed by atoms with van der Waals surface area (Å²) in [4.78, 5) is 6.64. The molecule has 0 aliphatic heterocycles. The number of pyridine rings is 1. The summed E-state index contributed by atoms with van der Waals surface area (Å²) >= 11 is 6.01. The molecule has 4 heteroatoms. The lowest BCUT2D eigenvalue weighted by molar-refractivity contribution is 0.180. The van der Waals surface area contributed by atoms with Crippen molar-refractivity contribution in [2.24, 2.45) is 0 Å². The average molecular weight is 306 g/mol. The van der Waals surface area contributed by atoms with Gasteiger partial charge in [-0.2, -0.15) is 0 Å². The van der Waals surface area contributed by atoms with Gasteiger partial charge in [0.1, 0.15) is 0 Å². The Hall–Kier alpha value is -1.32.